The number of carbonyl (C=O) groups is 1. The molecular formula is C20H26N4O3. The van der Waals surface area contributed by atoms with E-state index in [1.807, 2.05) is 12.1 Å². The van der Waals surface area contributed by atoms with E-state index in [4.69, 9.17) is 9.47 Å². The van der Waals surface area contributed by atoms with Gasteiger partial charge in [0.25, 0.3) is 0 Å². The van der Waals surface area contributed by atoms with E-state index in [1.165, 1.54) is 5.56 Å². The Morgan fingerprint density at radius 2 is 1.70 bits per heavy atom. The van der Waals surface area contributed by atoms with E-state index < -0.39 is 0 Å². The highest BCUT2D eigenvalue weighted by Gasteiger charge is 2.19. The molecule has 0 unspecified atom stereocenters. The van der Waals surface area contributed by atoms with Crippen molar-refractivity contribution in [2.45, 2.75) is 6.54 Å². The molecule has 144 valence electrons. The minimum atomic E-state index is -0.0226. The standard InChI is InChI=1S/C20H26N4O3/c1-26-18-6-3-16(4-7-18)14-23-9-11-24(12-10-23)15-19(25)22-17-5-8-20(27-2)21-13-17/h3-8,13H,9-12,14-15H2,1-2H3,(H,22,25). The molecule has 7 heteroatoms. The molecule has 27 heavy (non-hydrogen) atoms. The number of benzene rings is 1. The van der Waals surface area contributed by atoms with E-state index in [0.29, 0.717) is 18.1 Å². The zero-order valence-electron chi connectivity index (χ0n) is 15.9. The number of ether oxygens (including phenoxy) is 2. The average Bonchev–Trinajstić information content (AvgIpc) is 2.70. The molecule has 1 aromatic carbocycles. The van der Waals surface area contributed by atoms with Crippen molar-refractivity contribution in [2.75, 3.05) is 52.3 Å². The second kappa shape index (κ2) is 9.34. The summed E-state index contributed by atoms with van der Waals surface area (Å²) < 4.78 is 10.2. The quantitative estimate of drug-likeness (QED) is 0.802. The van der Waals surface area contributed by atoms with Gasteiger partial charge in [0.05, 0.1) is 32.6 Å². The zero-order valence-corrected chi connectivity index (χ0v) is 15.9. The number of pyridine rings is 1. The Hall–Kier alpha value is -2.64. The molecule has 7 nitrogen and oxygen atoms in total. The molecule has 0 radical (unpaired) electrons. The van der Waals surface area contributed by atoms with Crippen molar-refractivity contribution in [3.8, 4) is 11.6 Å². The van der Waals surface area contributed by atoms with Gasteiger partial charge < -0.3 is 14.8 Å². The van der Waals surface area contributed by atoms with Gasteiger partial charge in [-0.3, -0.25) is 14.6 Å². The molecule has 2 heterocycles. The van der Waals surface area contributed by atoms with E-state index in [9.17, 15) is 4.79 Å². The van der Waals surface area contributed by atoms with Gasteiger partial charge in [-0.05, 0) is 23.8 Å². The van der Waals surface area contributed by atoms with Gasteiger partial charge in [-0.15, -0.1) is 0 Å². The fourth-order valence-electron chi connectivity index (χ4n) is 3.07. The maximum atomic E-state index is 12.2. The van der Waals surface area contributed by atoms with Gasteiger partial charge in [-0.1, -0.05) is 12.1 Å². The predicted octanol–water partition coefficient (Wildman–Crippen LogP) is 1.86. The van der Waals surface area contributed by atoms with Crippen molar-refractivity contribution in [1.82, 2.24) is 14.8 Å². The van der Waals surface area contributed by atoms with Gasteiger partial charge in [0.2, 0.25) is 11.8 Å². The lowest BCUT2D eigenvalue weighted by Crippen LogP contribution is -2.48. The Kier molecular flexibility index (Phi) is 6.62. The van der Waals surface area contributed by atoms with Crippen LogP contribution in [0, 0.1) is 0 Å². The molecule has 0 saturated carbocycles. The van der Waals surface area contributed by atoms with Gasteiger partial charge in [0.1, 0.15) is 5.75 Å². The summed E-state index contributed by atoms with van der Waals surface area (Å²) in [5.41, 5.74) is 1.95. The first-order valence-electron chi connectivity index (χ1n) is 9.04. The lowest BCUT2D eigenvalue weighted by molar-refractivity contribution is -0.117. The topological polar surface area (TPSA) is 66.9 Å². The van der Waals surface area contributed by atoms with Crippen molar-refractivity contribution >= 4 is 11.6 Å². The smallest absolute Gasteiger partial charge is 0.238 e. The van der Waals surface area contributed by atoms with Crippen LogP contribution < -0.4 is 14.8 Å². The van der Waals surface area contributed by atoms with Crippen LogP contribution in [0.4, 0.5) is 5.69 Å². The first-order chi connectivity index (χ1) is 13.2. The molecule has 1 fully saturated rings. The van der Waals surface area contributed by atoms with E-state index in [1.54, 1.807) is 32.5 Å². The van der Waals surface area contributed by atoms with Crippen molar-refractivity contribution in [1.29, 1.82) is 0 Å². The average molecular weight is 370 g/mol. The Balaban J connectivity index is 1.41. The van der Waals surface area contributed by atoms with E-state index in [-0.39, 0.29) is 5.91 Å². The van der Waals surface area contributed by atoms with Crippen LogP contribution in [-0.4, -0.2) is 67.6 Å². The molecule has 1 aliphatic rings. The van der Waals surface area contributed by atoms with Crippen LogP contribution in [0.2, 0.25) is 0 Å². The number of methoxy groups -OCH3 is 2. The number of nitrogens with one attached hydrogen (secondary N) is 1. The van der Waals surface area contributed by atoms with Crippen LogP contribution >= 0.6 is 0 Å². The summed E-state index contributed by atoms with van der Waals surface area (Å²) in [6.07, 6.45) is 1.60. The molecule has 0 bridgehead atoms. The van der Waals surface area contributed by atoms with Crippen molar-refractivity contribution < 1.29 is 14.3 Å². The van der Waals surface area contributed by atoms with Crippen molar-refractivity contribution in [3.05, 3.63) is 48.2 Å². The highest BCUT2D eigenvalue weighted by atomic mass is 16.5. The second-order valence-electron chi connectivity index (χ2n) is 6.54. The molecule has 0 spiro atoms. The van der Waals surface area contributed by atoms with Gasteiger partial charge >= 0.3 is 0 Å². The van der Waals surface area contributed by atoms with Crippen LogP contribution in [0.15, 0.2) is 42.6 Å². The first-order valence-corrected chi connectivity index (χ1v) is 9.04. The molecule has 3 rings (SSSR count). The van der Waals surface area contributed by atoms with Crippen LogP contribution in [0.25, 0.3) is 0 Å². The maximum Gasteiger partial charge on any atom is 0.238 e. The largest absolute Gasteiger partial charge is 0.497 e. The van der Waals surface area contributed by atoms with Gasteiger partial charge in [-0.25, -0.2) is 4.98 Å². The fraction of sp³-hybridized carbons (Fsp3) is 0.400. The van der Waals surface area contributed by atoms with Crippen molar-refractivity contribution in [3.63, 3.8) is 0 Å². The number of carbonyl (C=O) groups excluding carboxylic acids is 1. The van der Waals surface area contributed by atoms with Crippen LogP contribution in [-0.2, 0) is 11.3 Å². The molecule has 0 atom stereocenters. The lowest BCUT2D eigenvalue weighted by Gasteiger charge is -2.34. The Labute approximate surface area is 159 Å². The molecular weight excluding hydrogens is 344 g/mol. The number of hydrogen-bond donors (Lipinski definition) is 1. The van der Waals surface area contributed by atoms with E-state index in [0.717, 1.165) is 38.5 Å². The second-order valence-corrected chi connectivity index (χ2v) is 6.54. The molecule has 1 N–H and O–H groups in total. The Morgan fingerprint density at radius 1 is 1.00 bits per heavy atom. The van der Waals surface area contributed by atoms with Gasteiger partial charge in [-0.2, -0.15) is 0 Å². The van der Waals surface area contributed by atoms with Gasteiger partial charge in [0.15, 0.2) is 0 Å². The summed E-state index contributed by atoms with van der Waals surface area (Å²) in [7, 11) is 3.24. The summed E-state index contributed by atoms with van der Waals surface area (Å²) in [6, 6.07) is 11.7. The predicted molar refractivity (Wildman–Crippen MR) is 104 cm³/mol. The summed E-state index contributed by atoms with van der Waals surface area (Å²) >= 11 is 0. The molecule has 0 aliphatic carbocycles. The fourth-order valence-corrected chi connectivity index (χ4v) is 3.07. The number of rotatable bonds is 7. The summed E-state index contributed by atoms with van der Waals surface area (Å²) in [4.78, 5) is 20.9. The molecule has 2 aromatic rings. The minimum absolute atomic E-state index is 0.0226. The molecule has 1 aromatic heterocycles. The number of nitrogens with zero attached hydrogens (tertiary/aromatic N) is 3. The normalized spacial score (nSPS) is 15.3. The van der Waals surface area contributed by atoms with Crippen LogP contribution in [0.3, 0.4) is 0 Å². The van der Waals surface area contributed by atoms with E-state index in [2.05, 4.69) is 32.2 Å². The first kappa shape index (κ1) is 19.1. The van der Waals surface area contributed by atoms with Crippen LogP contribution in [0.5, 0.6) is 11.6 Å². The number of aromatic nitrogens is 1. The monoisotopic (exact) mass is 370 g/mol. The van der Waals surface area contributed by atoms with E-state index >= 15 is 0 Å². The third-order valence-electron chi connectivity index (χ3n) is 4.63. The molecule has 1 saturated heterocycles. The highest BCUT2D eigenvalue weighted by Crippen LogP contribution is 2.14. The van der Waals surface area contributed by atoms with Crippen LogP contribution in [0.1, 0.15) is 5.56 Å². The summed E-state index contributed by atoms with van der Waals surface area (Å²) in [6.45, 7) is 4.96. The maximum absolute atomic E-state index is 12.2. The number of amides is 1. The Bertz CT molecular complexity index is 726. The Morgan fingerprint density at radius 3 is 2.30 bits per heavy atom. The highest BCUT2D eigenvalue weighted by molar-refractivity contribution is 5.92. The minimum Gasteiger partial charge on any atom is -0.497 e. The van der Waals surface area contributed by atoms with Crippen molar-refractivity contribution in [2.24, 2.45) is 0 Å². The zero-order chi connectivity index (χ0) is 19.1. The number of piperazine rings is 1. The summed E-state index contributed by atoms with van der Waals surface area (Å²) in [5, 5.41) is 2.88. The van der Waals surface area contributed by atoms with Gasteiger partial charge in [0, 0.05) is 38.8 Å². The number of anilines is 1. The molecule has 1 amide bonds. The number of hydrogen-bond acceptors (Lipinski definition) is 6. The third kappa shape index (κ3) is 5.67. The third-order valence-corrected chi connectivity index (χ3v) is 4.63. The summed E-state index contributed by atoms with van der Waals surface area (Å²) in [5.74, 6) is 1.38. The SMILES string of the molecule is COc1ccc(CN2CCN(CC(=O)Nc3ccc(OC)nc3)CC2)cc1. The lowest BCUT2D eigenvalue weighted by atomic mass is 10.2. The molecule has 1 aliphatic heterocycles.